The largest absolute Gasteiger partial charge is 0.504 e. The molecule has 0 spiro atoms. The van der Waals surface area contributed by atoms with E-state index in [9.17, 15) is 9.90 Å². The Morgan fingerprint density at radius 3 is 2.68 bits per heavy atom. The second kappa shape index (κ2) is 8.41. The highest BCUT2D eigenvalue weighted by Gasteiger charge is 2.09. The molecule has 25 heavy (non-hydrogen) atoms. The Morgan fingerprint density at radius 2 is 2.08 bits per heavy atom. The summed E-state index contributed by atoms with van der Waals surface area (Å²) in [6.07, 6.45) is 0. The molecule has 0 aliphatic heterocycles. The van der Waals surface area contributed by atoms with E-state index in [-0.39, 0.29) is 17.7 Å². The summed E-state index contributed by atoms with van der Waals surface area (Å²) in [5, 5.41) is 19.8. The van der Waals surface area contributed by atoms with Crippen molar-refractivity contribution in [1.29, 1.82) is 0 Å². The van der Waals surface area contributed by atoms with Gasteiger partial charge in [0.25, 0.3) is 0 Å². The van der Waals surface area contributed by atoms with Gasteiger partial charge in [-0.2, -0.15) is 5.10 Å². The summed E-state index contributed by atoms with van der Waals surface area (Å²) in [5.41, 5.74) is 2.91. The van der Waals surface area contributed by atoms with Gasteiger partial charge in [0.1, 0.15) is 0 Å². The molecule has 0 aliphatic carbocycles. The first-order chi connectivity index (χ1) is 11.9. The Hall–Kier alpha value is -2.70. The monoisotopic (exact) mass is 346 g/mol. The van der Waals surface area contributed by atoms with Gasteiger partial charge >= 0.3 is 6.03 Å². The van der Waals surface area contributed by atoms with E-state index in [1.54, 1.807) is 18.2 Å². The van der Waals surface area contributed by atoms with Crippen LogP contribution in [0.2, 0.25) is 0 Å². The first-order valence-corrected chi connectivity index (χ1v) is 8.27. The van der Waals surface area contributed by atoms with E-state index in [0.717, 1.165) is 23.5 Å². The zero-order chi connectivity index (χ0) is 18.4. The second-order valence-corrected chi connectivity index (χ2v) is 6.28. The zero-order valence-electron chi connectivity index (χ0n) is 15.2. The number of phenols is 1. The van der Waals surface area contributed by atoms with Crippen LogP contribution in [-0.2, 0) is 13.1 Å². The highest BCUT2D eigenvalue weighted by Crippen LogP contribution is 2.25. The van der Waals surface area contributed by atoms with Crippen LogP contribution in [0.5, 0.6) is 11.5 Å². The molecule has 1 unspecified atom stereocenters. The third-order valence-corrected chi connectivity index (χ3v) is 3.90. The van der Waals surface area contributed by atoms with Crippen LogP contribution in [0.25, 0.3) is 0 Å². The number of aryl methyl sites for hydroxylation is 2. The number of nitrogens with one attached hydrogen (secondary N) is 2. The summed E-state index contributed by atoms with van der Waals surface area (Å²) in [6.45, 7) is 7.70. The van der Waals surface area contributed by atoms with Gasteiger partial charge in [-0.25, -0.2) is 4.79 Å². The second-order valence-electron chi connectivity index (χ2n) is 6.28. The maximum atomic E-state index is 11.9. The summed E-state index contributed by atoms with van der Waals surface area (Å²) >= 11 is 0. The molecule has 7 heteroatoms. The SMILES string of the molecule is COc1ccc(CNC(=O)NCC(C)Cn2nc(C)cc2C)cc1O. The van der Waals surface area contributed by atoms with Gasteiger partial charge in [-0.15, -0.1) is 0 Å². The highest BCUT2D eigenvalue weighted by molar-refractivity contribution is 5.73. The number of hydrogen-bond acceptors (Lipinski definition) is 4. The van der Waals surface area contributed by atoms with Crippen molar-refractivity contribution in [2.24, 2.45) is 5.92 Å². The minimum Gasteiger partial charge on any atom is -0.504 e. The molecular weight excluding hydrogens is 320 g/mol. The molecule has 0 fully saturated rings. The van der Waals surface area contributed by atoms with E-state index in [1.807, 2.05) is 24.6 Å². The number of urea groups is 1. The number of ether oxygens (including phenoxy) is 1. The fourth-order valence-corrected chi connectivity index (χ4v) is 2.58. The van der Waals surface area contributed by atoms with Gasteiger partial charge in [-0.1, -0.05) is 13.0 Å². The number of nitrogens with zero attached hydrogens (tertiary/aromatic N) is 2. The van der Waals surface area contributed by atoms with E-state index in [2.05, 4.69) is 22.7 Å². The third-order valence-electron chi connectivity index (χ3n) is 3.90. The Morgan fingerprint density at radius 1 is 1.32 bits per heavy atom. The molecule has 1 aromatic heterocycles. The van der Waals surface area contributed by atoms with Crippen molar-refractivity contribution in [1.82, 2.24) is 20.4 Å². The van der Waals surface area contributed by atoms with Crippen molar-refractivity contribution < 1.29 is 14.6 Å². The minimum atomic E-state index is -0.240. The molecule has 0 bridgehead atoms. The van der Waals surface area contributed by atoms with E-state index >= 15 is 0 Å². The Labute approximate surface area is 148 Å². The molecule has 2 amide bonds. The minimum absolute atomic E-state index is 0.0562. The quantitative estimate of drug-likeness (QED) is 0.718. The molecule has 2 rings (SSSR count). The van der Waals surface area contributed by atoms with Crippen LogP contribution < -0.4 is 15.4 Å². The van der Waals surface area contributed by atoms with Gasteiger partial charge in [-0.05, 0) is 43.5 Å². The lowest BCUT2D eigenvalue weighted by molar-refractivity contribution is 0.238. The van der Waals surface area contributed by atoms with Crippen molar-refractivity contribution in [3.8, 4) is 11.5 Å². The lowest BCUT2D eigenvalue weighted by Gasteiger charge is -2.14. The number of aromatic nitrogens is 2. The lowest BCUT2D eigenvalue weighted by Crippen LogP contribution is -2.38. The van der Waals surface area contributed by atoms with Crippen LogP contribution >= 0.6 is 0 Å². The number of carbonyl (C=O) groups is 1. The van der Waals surface area contributed by atoms with Crippen molar-refractivity contribution in [3.05, 3.63) is 41.2 Å². The maximum absolute atomic E-state index is 11.9. The molecule has 0 saturated carbocycles. The summed E-state index contributed by atoms with van der Waals surface area (Å²) in [4.78, 5) is 11.9. The first kappa shape index (κ1) is 18.6. The summed E-state index contributed by atoms with van der Waals surface area (Å²) in [5.74, 6) is 0.723. The summed E-state index contributed by atoms with van der Waals surface area (Å²) < 4.78 is 6.95. The number of hydrogen-bond donors (Lipinski definition) is 3. The average Bonchev–Trinajstić information content (AvgIpc) is 2.88. The van der Waals surface area contributed by atoms with Crippen LogP contribution in [0.3, 0.4) is 0 Å². The summed E-state index contributed by atoms with van der Waals surface area (Å²) in [7, 11) is 1.49. The molecule has 1 atom stereocenters. The van der Waals surface area contributed by atoms with Crippen LogP contribution in [0.1, 0.15) is 23.9 Å². The average molecular weight is 346 g/mol. The molecule has 0 saturated heterocycles. The number of carbonyl (C=O) groups excluding carboxylic acids is 1. The van der Waals surface area contributed by atoms with Crippen LogP contribution in [-0.4, -0.2) is 34.6 Å². The van der Waals surface area contributed by atoms with E-state index in [4.69, 9.17) is 4.74 Å². The predicted octanol–water partition coefficient (Wildman–Crippen LogP) is 2.35. The Kier molecular flexibility index (Phi) is 6.27. The predicted molar refractivity (Wildman–Crippen MR) is 95.8 cm³/mol. The Balaban J connectivity index is 1.75. The number of methoxy groups -OCH3 is 1. The van der Waals surface area contributed by atoms with Crippen molar-refractivity contribution in [2.75, 3.05) is 13.7 Å². The van der Waals surface area contributed by atoms with Gasteiger partial charge < -0.3 is 20.5 Å². The normalized spacial score (nSPS) is 11.8. The van der Waals surface area contributed by atoms with Crippen molar-refractivity contribution in [2.45, 2.75) is 33.9 Å². The van der Waals surface area contributed by atoms with Gasteiger partial charge in [0.05, 0.1) is 12.8 Å². The van der Waals surface area contributed by atoms with Gasteiger partial charge in [0.2, 0.25) is 0 Å². The van der Waals surface area contributed by atoms with E-state index in [1.165, 1.54) is 7.11 Å². The number of rotatable bonds is 7. The topological polar surface area (TPSA) is 88.4 Å². The molecule has 7 nitrogen and oxygen atoms in total. The van der Waals surface area contributed by atoms with Gasteiger partial charge in [0, 0.05) is 25.3 Å². The number of amides is 2. The summed E-state index contributed by atoms with van der Waals surface area (Å²) in [6, 6.07) is 6.84. The van der Waals surface area contributed by atoms with Crippen molar-refractivity contribution >= 4 is 6.03 Å². The van der Waals surface area contributed by atoms with Crippen LogP contribution in [0.15, 0.2) is 24.3 Å². The van der Waals surface area contributed by atoms with Crippen molar-refractivity contribution in [3.63, 3.8) is 0 Å². The van der Waals surface area contributed by atoms with Gasteiger partial charge in [-0.3, -0.25) is 4.68 Å². The van der Waals surface area contributed by atoms with Gasteiger partial charge in [0.15, 0.2) is 11.5 Å². The van der Waals surface area contributed by atoms with E-state index in [0.29, 0.717) is 18.8 Å². The van der Waals surface area contributed by atoms with Crippen LogP contribution in [0, 0.1) is 19.8 Å². The first-order valence-electron chi connectivity index (χ1n) is 8.27. The molecule has 1 heterocycles. The third kappa shape index (κ3) is 5.41. The molecule has 0 aliphatic rings. The lowest BCUT2D eigenvalue weighted by atomic mass is 10.2. The molecule has 1 aromatic carbocycles. The fourth-order valence-electron chi connectivity index (χ4n) is 2.58. The molecule has 136 valence electrons. The highest BCUT2D eigenvalue weighted by atomic mass is 16.5. The van der Waals surface area contributed by atoms with E-state index < -0.39 is 0 Å². The molecule has 0 radical (unpaired) electrons. The zero-order valence-corrected chi connectivity index (χ0v) is 15.2. The number of phenolic OH excluding ortho intramolecular Hbond substituents is 1. The molecule has 2 aromatic rings. The smallest absolute Gasteiger partial charge is 0.315 e. The number of benzene rings is 1. The molecule has 3 N–H and O–H groups in total. The number of aromatic hydroxyl groups is 1. The van der Waals surface area contributed by atoms with Crippen LogP contribution in [0.4, 0.5) is 4.79 Å². The molecular formula is C18H26N4O3. The standard InChI is InChI=1S/C18H26N4O3/c1-12(11-22-14(3)7-13(2)21-22)9-19-18(24)20-10-15-5-6-17(25-4)16(23)8-15/h5-8,12,23H,9-11H2,1-4H3,(H2,19,20,24). The Bertz CT molecular complexity index is 727. The fraction of sp³-hybridized carbons (Fsp3) is 0.444. The maximum Gasteiger partial charge on any atom is 0.315 e.